The lowest BCUT2D eigenvalue weighted by Gasteiger charge is -2.27. The Kier molecular flexibility index (Phi) is 4.36. The topological polar surface area (TPSA) is 9.23 Å². The Hall–Kier alpha value is -0.803. The maximum atomic E-state index is 6.45. The molecule has 0 aliphatic heterocycles. The Morgan fingerprint density at radius 1 is 1.11 bits per heavy atom. The summed E-state index contributed by atoms with van der Waals surface area (Å²) >= 11 is 3.63. The first-order valence-electron chi connectivity index (χ1n) is 6.75. The highest BCUT2D eigenvalue weighted by atomic mass is 79.9. The van der Waals surface area contributed by atoms with Crippen LogP contribution in [-0.4, -0.2) is 8.32 Å². The Labute approximate surface area is 125 Å². The normalized spacial score (nSPS) is 12.1. The van der Waals surface area contributed by atoms with Crippen molar-refractivity contribution in [1.29, 1.82) is 0 Å². The van der Waals surface area contributed by atoms with Gasteiger partial charge in [-0.05, 0) is 52.4 Å². The fourth-order valence-corrected chi connectivity index (χ4v) is 6.02. The summed E-state index contributed by atoms with van der Waals surface area (Å²) in [5, 5.41) is 2.43. The molecule has 2 rings (SSSR count). The second-order valence-corrected chi connectivity index (χ2v) is 11.0. The SMILES string of the molecule is CC(C)C[Si](C)(C)Oc1c(Br)ccc2ccccc12. The summed E-state index contributed by atoms with van der Waals surface area (Å²) in [5.74, 6) is 1.69. The Balaban J connectivity index is 2.42. The molecule has 1 nitrogen and oxygen atoms in total. The fourth-order valence-electron chi connectivity index (χ4n) is 2.62. The monoisotopic (exact) mass is 336 g/mol. The first-order chi connectivity index (χ1) is 8.89. The van der Waals surface area contributed by atoms with Crippen molar-refractivity contribution in [2.45, 2.75) is 33.0 Å². The van der Waals surface area contributed by atoms with Crippen molar-refractivity contribution in [2.75, 3.05) is 0 Å². The summed E-state index contributed by atoms with van der Waals surface area (Å²) in [6.45, 7) is 9.11. The van der Waals surface area contributed by atoms with Crippen LogP contribution in [0, 0.1) is 5.92 Å². The first-order valence-corrected chi connectivity index (χ1v) is 10.7. The van der Waals surface area contributed by atoms with Gasteiger partial charge in [0.1, 0.15) is 5.75 Å². The van der Waals surface area contributed by atoms with Crippen LogP contribution >= 0.6 is 15.9 Å². The van der Waals surface area contributed by atoms with Gasteiger partial charge in [-0.1, -0.05) is 44.2 Å². The predicted octanol–water partition coefficient (Wildman–Crippen LogP) is 5.84. The number of fused-ring (bicyclic) bond motifs is 1. The summed E-state index contributed by atoms with van der Waals surface area (Å²) in [4.78, 5) is 0. The van der Waals surface area contributed by atoms with Crippen LogP contribution in [0.25, 0.3) is 10.8 Å². The highest BCUT2D eigenvalue weighted by Gasteiger charge is 2.27. The highest BCUT2D eigenvalue weighted by Crippen LogP contribution is 2.36. The van der Waals surface area contributed by atoms with Gasteiger partial charge in [0.2, 0.25) is 8.32 Å². The maximum absolute atomic E-state index is 6.45. The Morgan fingerprint density at radius 3 is 2.47 bits per heavy atom. The van der Waals surface area contributed by atoms with Crippen molar-refractivity contribution >= 4 is 35.0 Å². The molecule has 0 aromatic heterocycles. The van der Waals surface area contributed by atoms with E-state index in [4.69, 9.17) is 4.43 Å². The number of rotatable bonds is 4. The Morgan fingerprint density at radius 2 is 1.79 bits per heavy atom. The van der Waals surface area contributed by atoms with Gasteiger partial charge in [-0.2, -0.15) is 0 Å². The first kappa shape index (κ1) is 14.6. The summed E-state index contributed by atoms with van der Waals surface area (Å²) in [7, 11) is -1.69. The lowest BCUT2D eigenvalue weighted by molar-refractivity contribution is 0.530. The molecule has 0 aliphatic rings. The van der Waals surface area contributed by atoms with E-state index in [0.29, 0.717) is 5.92 Å². The third-order valence-corrected chi connectivity index (χ3v) is 6.29. The van der Waals surface area contributed by atoms with Gasteiger partial charge in [0.15, 0.2) is 0 Å². The fraction of sp³-hybridized carbons (Fsp3) is 0.375. The van der Waals surface area contributed by atoms with Crippen LogP contribution < -0.4 is 4.43 Å². The highest BCUT2D eigenvalue weighted by molar-refractivity contribution is 9.10. The molecular weight excluding hydrogens is 316 g/mol. The van der Waals surface area contributed by atoms with E-state index in [2.05, 4.69) is 79.3 Å². The molecule has 0 bridgehead atoms. The number of hydrogen-bond acceptors (Lipinski definition) is 1. The molecule has 102 valence electrons. The summed E-state index contributed by atoms with van der Waals surface area (Å²) in [6.07, 6.45) is 0. The lowest BCUT2D eigenvalue weighted by atomic mass is 10.1. The number of benzene rings is 2. The zero-order valence-corrected chi connectivity index (χ0v) is 14.6. The van der Waals surface area contributed by atoms with Gasteiger partial charge in [0.05, 0.1) is 4.47 Å². The summed E-state index contributed by atoms with van der Waals surface area (Å²) in [5.41, 5.74) is 0. The van der Waals surface area contributed by atoms with Gasteiger partial charge in [-0.25, -0.2) is 0 Å². The molecule has 0 N–H and O–H groups in total. The molecular formula is C16H21BrOSi. The minimum absolute atomic E-state index is 0.676. The van der Waals surface area contributed by atoms with Gasteiger partial charge >= 0.3 is 0 Å². The van der Waals surface area contributed by atoms with Gasteiger partial charge in [0, 0.05) is 5.39 Å². The van der Waals surface area contributed by atoms with E-state index >= 15 is 0 Å². The van der Waals surface area contributed by atoms with E-state index in [-0.39, 0.29) is 0 Å². The average molecular weight is 337 g/mol. The van der Waals surface area contributed by atoms with Crippen LogP contribution in [-0.2, 0) is 0 Å². The van der Waals surface area contributed by atoms with Crippen LogP contribution in [0.4, 0.5) is 0 Å². The van der Waals surface area contributed by atoms with E-state index in [9.17, 15) is 0 Å². The van der Waals surface area contributed by atoms with Crippen LogP contribution in [0.1, 0.15) is 13.8 Å². The molecule has 0 spiro atoms. The second-order valence-electron chi connectivity index (χ2n) is 6.06. The number of hydrogen-bond donors (Lipinski definition) is 0. The van der Waals surface area contributed by atoms with Gasteiger partial charge < -0.3 is 4.43 Å². The molecule has 0 fully saturated rings. The van der Waals surface area contributed by atoms with E-state index in [1.54, 1.807) is 0 Å². The summed E-state index contributed by atoms with van der Waals surface area (Å²) < 4.78 is 7.50. The zero-order valence-electron chi connectivity index (χ0n) is 12.0. The van der Waals surface area contributed by atoms with Gasteiger partial charge in [-0.15, -0.1) is 0 Å². The molecule has 0 unspecified atom stereocenters. The van der Waals surface area contributed by atoms with Crippen molar-refractivity contribution in [3.63, 3.8) is 0 Å². The molecule has 0 saturated heterocycles. The standard InChI is InChI=1S/C16H21BrOSi/c1-12(2)11-19(3,4)18-16-14-8-6-5-7-13(14)9-10-15(16)17/h5-10,12H,11H2,1-4H3. The second kappa shape index (κ2) is 5.67. The zero-order chi connectivity index (χ0) is 14.0. The van der Waals surface area contributed by atoms with Crippen LogP contribution in [0.15, 0.2) is 40.9 Å². The molecule has 0 saturated carbocycles. The van der Waals surface area contributed by atoms with Gasteiger partial charge in [0.25, 0.3) is 0 Å². The maximum Gasteiger partial charge on any atom is 0.245 e. The minimum Gasteiger partial charge on any atom is -0.543 e. The van der Waals surface area contributed by atoms with Crippen molar-refractivity contribution in [3.8, 4) is 5.75 Å². The Bertz CT molecular complexity index is 578. The third kappa shape index (κ3) is 3.60. The van der Waals surface area contributed by atoms with E-state index < -0.39 is 8.32 Å². The van der Waals surface area contributed by atoms with Crippen molar-refractivity contribution in [2.24, 2.45) is 5.92 Å². The smallest absolute Gasteiger partial charge is 0.245 e. The largest absolute Gasteiger partial charge is 0.543 e. The number of halogens is 1. The van der Waals surface area contributed by atoms with Crippen molar-refractivity contribution in [1.82, 2.24) is 0 Å². The molecule has 2 aromatic carbocycles. The van der Waals surface area contributed by atoms with Crippen LogP contribution in [0.3, 0.4) is 0 Å². The van der Waals surface area contributed by atoms with Gasteiger partial charge in [-0.3, -0.25) is 0 Å². The molecule has 0 aliphatic carbocycles. The minimum atomic E-state index is -1.69. The van der Waals surface area contributed by atoms with Crippen molar-refractivity contribution in [3.05, 3.63) is 40.9 Å². The lowest BCUT2D eigenvalue weighted by Crippen LogP contribution is -2.35. The molecule has 3 heteroatoms. The quantitative estimate of drug-likeness (QED) is 0.637. The molecule has 0 amide bonds. The van der Waals surface area contributed by atoms with E-state index in [1.165, 1.54) is 16.8 Å². The summed E-state index contributed by atoms with van der Waals surface area (Å²) in [6, 6.07) is 13.8. The predicted molar refractivity (Wildman–Crippen MR) is 89.4 cm³/mol. The van der Waals surface area contributed by atoms with Crippen LogP contribution in [0.5, 0.6) is 5.75 Å². The molecule has 0 atom stereocenters. The average Bonchev–Trinajstić information content (AvgIpc) is 2.31. The third-order valence-electron chi connectivity index (χ3n) is 3.11. The molecule has 0 heterocycles. The van der Waals surface area contributed by atoms with Crippen LogP contribution in [0.2, 0.25) is 19.1 Å². The van der Waals surface area contributed by atoms with E-state index in [1.807, 2.05) is 0 Å². The molecule has 0 radical (unpaired) electrons. The van der Waals surface area contributed by atoms with E-state index in [0.717, 1.165) is 10.2 Å². The molecule has 19 heavy (non-hydrogen) atoms. The molecule has 2 aromatic rings. The van der Waals surface area contributed by atoms with Crippen molar-refractivity contribution < 1.29 is 4.43 Å².